The maximum absolute atomic E-state index is 13.9. The number of aromatic hydroxyl groups is 1. The summed E-state index contributed by atoms with van der Waals surface area (Å²) in [5.41, 5.74) is 9.25. The number of phenols is 1. The van der Waals surface area contributed by atoms with Gasteiger partial charge in [-0.15, -0.1) is 0 Å². The first-order valence-electron chi connectivity index (χ1n) is 19.7. The van der Waals surface area contributed by atoms with Crippen LogP contribution < -0.4 is 18.9 Å². The Morgan fingerprint density at radius 1 is 0.627 bits per heavy atom. The molecule has 0 spiro atoms. The minimum absolute atomic E-state index is 0.0870. The SMILES string of the molecule is COc1cc2c(cc1OCc1cc(COc3cc4c(cc3OC)C(=O)N3Cc5cc(O)ccc5C[C@H]3C=N4)cc(CN(C)C)c1)N=C[C@@H]1Cc3ccccc3CN1C2=O. The zero-order valence-corrected chi connectivity index (χ0v) is 33.5. The van der Waals surface area contributed by atoms with E-state index in [4.69, 9.17) is 28.9 Å². The predicted molar refractivity (Wildman–Crippen MR) is 224 cm³/mol. The van der Waals surface area contributed by atoms with Crippen LogP contribution in [0.4, 0.5) is 11.4 Å². The van der Waals surface area contributed by atoms with Gasteiger partial charge in [0.15, 0.2) is 23.0 Å². The summed E-state index contributed by atoms with van der Waals surface area (Å²) in [5, 5.41) is 10.1. The fourth-order valence-corrected chi connectivity index (χ4v) is 8.48. The van der Waals surface area contributed by atoms with Crippen LogP contribution in [-0.4, -0.2) is 84.4 Å². The molecule has 4 aliphatic heterocycles. The summed E-state index contributed by atoms with van der Waals surface area (Å²) in [5.74, 6) is 1.75. The molecule has 300 valence electrons. The van der Waals surface area contributed by atoms with Gasteiger partial charge in [-0.05, 0) is 96.2 Å². The van der Waals surface area contributed by atoms with Gasteiger partial charge in [-0.25, -0.2) is 0 Å². The van der Waals surface area contributed by atoms with Crippen LogP contribution in [0.15, 0.2) is 94.9 Å². The number of carbonyl (C=O) groups excluding carboxylic acids is 2. The van der Waals surface area contributed by atoms with E-state index in [0.717, 1.165) is 33.4 Å². The van der Waals surface area contributed by atoms with E-state index >= 15 is 0 Å². The van der Waals surface area contributed by atoms with E-state index in [1.54, 1.807) is 55.5 Å². The van der Waals surface area contributed by atoms with E-state index < -0.39 is 0 Å². The maximum atomic E-state index is 13.9. The normalized spacial score (nSPS) is 17.5. The van der Waals surface area contributed by atoms with Gasteiger partial charge in [0.05, 0.1) is 48.8 Å². The summed E-state index contributed by atoms with van der Waals surface area (Å²) in [6.45, 7) is 2.04. The molecule has 12 nitrogen and oxygen atoms in total. The van der Waals surface area contributed by atoms with E-state index in [2.05, 4.69) is 29.2 Å². The Labute approximate surface area is 342 Å². The van der Waals surface area contributed by atoms with Crippen LogP contribution in [0.1, 0.15) is 59.7 Å². The Bertz CT molecular complexity index is 2550. The monoisotopic (exact) mass is 791 g/mol. The Hall–Kier alpha value is -6.66. The summed E-state index contributed by atoms with van der Waals surface area (Å²) in [4.78, 5) is 43.1. The highest BCUT2D eigenvalue weighted by Crippen LogP contribution is 2.41. The fraction of sp³-hybridized carbons (Fsp3) is 0.277. The molecule has 0 fully saturated rings. The molecule has 12 heteroatoms. The standard InChI is InChI=1S/C47H45N5O7/c1-50(2)23-28-11-29(26-58-44-19-40-38(17-42(44)56-3)46(54)51-24-33-8-6-5-7-31(33)14-35(51)21-48-40)13-30(12-28)27-59-45-20-41-39(18-43(45)57-4)47(55)52-25-34-16-37(53)10-9-32(34)15-36(52)22-49-41/h5-13,16-22,35-36,53H,14-15,23-27H2,1-4H3/t35-,36-/m0/s1. The van der Waals surface area contributed by atoms with E-state index in [-0.39, 0.29) is 42.9 Å². The van der Waals surface area contributed by atoms with Crippen molar-refractivity contribution in [2.75, 3.05) is 28.3 Å². The molecule has 5 aromatic carbocycles. The topological polar surface area (TPSA) is 126 Å². The summed E-state index contributed by atoms with van der Waals surface area (Å²) in [6, 6.07) is 26.4. The van der Waals surface area contributed by atoms with Crippen LogP contribution >= 0.6 is 0 Å². The van der Waals surface area contributed by atoms with Crippen molar-refractivity contribution >= 4 is 35.6 Å². The van der Waals surface area contributed by atoms with E-state index in [9.17, 15) is 14.7 Å². The third kappa shape index (κ3) is 7.47. The number of hydrogen-bond acceptors (Lipinski definition) is 10. The Morgan fingerprint density at radius 3 is 1.68 bits per heavy atom. The number of carbonyl (C=O) groups is 2. The molecule has 0 aromatic heterocycles. The number of ether oxygens (including phenoxy) is 4. The summed E-state index contributed by atoms with van der Waals surface area (Å²) in [7, 11) is 7.16. The second-order valence-electron chi connectivity index (χ2n) is 15.7. The van der Waals surface area contributed by atoms with Crippen molar-refractivity contribution in [1.29, 1.82) is 0 Å². The van der Waals surface area contributed by atoms with Crippen molar-refractivity contribution in [3.63, 3.8) is 0 Å². The second-order valence-corrected chi connectivity index (χ2v) is 15.7. The van der Waals surface area contributed by atoms with Gasteiger partial charge in [0, 0.05) is 44.2 Å². The first kappa shape index (κ1) is 37.9. The molecule has 0 saturated heterocycles. The van der Waals surface area contributed by atoms with Crippen molar-refractivity contribution in [3.8, 4) is 28.7 Å². The van der Waals surface area contributed by atoms with Gasteiger partial charge in [0.2, 0.25) is 0 Å². The quantitative estimate of drug-likeness (QED) is 0.158. The highest BCUT2D eigenvalue weighted by Gasteiger charge is 2.35. The molecule has 1 N–H and O–H groups in total. The number of nitrogens with zero attached hydrogens (tertiary/aromatic N) is 5. The van der Waals surface area contributed by atoms with E-state index in [0.29, 0.717) is 78.0 Å². The first-order chi connectivity index (χ1) is 28.6. The lowest BCUT2D eigenvalue weighted by atomic mass is 9.94. The van der Waals surface area contributed by atoms with Crippen molar-refractivity contribution in [2.45, 2.75) is 57.8 Å². The molecule has 4 aliphatic rings. The molecule has 2 amide bonds. The van der Waals surface area contributed by atoms with Gasteiger partial charge in [0.25, 0.3) is 11.8 Å². The Kier molecular flexibility index (Phi) is 10.0. The smallest absolute Gasteiger partial charge is 0.257 e. The molecule has 5 aromatic rings. The van der Waals surface area contributed by atoms with Gasteiger partial charge >= 0.3 is 0 Å². The number of amides is 2. The van der Waals surface area contributed by atoms with Gasteiger partial charge in [-0.2, -0.15) is 0 Å². The molecule has 2 atom stereocenters. The van der Waals surface area contributed by atoms with Crippen LogP contribution in [0.25, 0.3) is 0 Å². The molecule has 0 radical (unpaired) electrons. The lowest BCUT2D eigenvalue weighted by molar-refractivity contribution is 0.0695. The molecule has 0 aliphatic carbocycles. The van der Waals surface area contributed by atoms with Gasteiger partial charge < -0.3 is 38.8 Å². The molecule has 0 unspecified atom stereocenters. The number of benzene rings is 5. The number of aliphatic imine (C=N–C) groups is 2. The maximum Gasteiger partial charge on any atom is 0.257 e. The molecule has 0 bridgehead atoms. The van der Waals surface area contributed by atoms with Crippen molar-refractivity contribution < 1.29 is 33.6 Å². The van der Waals surface area contributed by atoms with Crippen LogP contribution in [0.5, 0.6) is 28.7 Å². The van der Waals surface area contributed by atoms with E-state index in [1.165, 1.54) is 5.56 Å². The fourth-order valence-electron chi connectivity index (χ4n) is 8.48. The Morgan fingerprint density at radius 2 is 1.14 bits per heavy atom. The van der Waals surface area contributed by atoms with Gasteiger partial charge in [0.1, 0.15) is 19.0 Å². The third-order valence-corrected chi connectivity index (χ3v) is 11.4. The number of methoxy groups -OCH3 is 2. The molecule has 4 heterocycles. The molecule has 59 heavy (non-hydrogen) atoms. The van der Waals surface area contributed by atoms with Crippen molar-refractivity contribution in [1.82, 2.24) is 14.7 Å². The largest absolute Gasteiger partial charge is 0.508 e. The number of fused-ring (bicyclic) bond motifs is 6. The van der Waals surface area contributed by atoms with Crippen LogP contribution in [0.3, 0.4) is 0 Å². The number of rotatable bonds is 10. The van der Waals surface area contributed by atoms with Gasteiger partial charge in [-0.3, -0.25) is 19.6 Å². The van der Waals surface area contributed by atoms with Gasteiger partial charge in [-0.1, -0.05) is 42.5 Å². The first-order valence-corrected chi connectivity index (χ1v) is 19.7. The van der Waals surface area contributed by atoms with Crippen molar-refractivity contribution in [3.05, 3.63) is 135 Å². The van der Waals surface area contributed by atoms with E-state index in [1.807, 2.05) is 55.7 Å². The molecule has 0 saturated carbocycles. The number of hydrogen-bond donors (Lipinski definition) is 1. The minimum atomic E-state index is -0.218. The molecular weight excluding hydrogens is 747 g/mol. The van der Waals surface area contributed by atoms with Crippen LogP contribution in [0, 0.1) is 0 Å². The molecule has 9 rings (SSSR count). The summed E-state index contributed by atoms with van der Waals surface area (Å²) < 4.78 is 24.4. The highest BCUT2D eigenvalue weighted by molar-refractivity contribution is 6.04. The zero-order valence-electron chi connectivity index (χ0n) is 33.5. The summed E-state index contributed by atoms with van der Waals surface area (Å²) in [6.07, 6.45) is 5.01. The average Bonchev–Trinajstić information content (AvgIpc) is 3.45. The van der Waals surface area contributed by atoms with Crippen LogP contribution in [-0.2, 0) is 45.7 Å². The predicted octanol–water partition coefficient (Wildman–Crippen LogP) is 7.20. The minimum Gasteiger partial charge on any atom is -0.508 e. The third-order valence-electron chi connectivity index (χ3n) is 11.4. The zero-order chi connectivity index (χ0) is 40.8. The molecular formula is C47H45N5O7. The lowest BCUT2D eigenvalue weighted by Crippen LogP contribution is -2.44. The van der Waals surface area contributed by atoms with Crippen molar-refractivity contribution in [2.24, 2.45) is 9.98 Å². The lowest BCUT2D eigenvalue weighted by Gasteiger charge is -2.34. The summed E-state index contributed by atoms with van der Waals surface area (Å²) >= 11 is 0. The number of phenolic OH excluding ortho intramolecular Hbond substituents is 1. The highest BCUT2D eigenvalue weighted by atomic mass is 16.5. The van der Waals surface area contributed by atoms with Crippen LogP contribution in [0.2, 0.25) is 0 Å². The second kappa shape index (κ2) is 15.6. The Balaban J connectivity index is 0.943. The average molecular weight is 792 g/mol.